The van der Waals surface area contributed by atoms with Gasteiger partial charge in [-0.15, -0.1) is 0 Å². The van der Waals surface area contributed by atoms with Crippen LogP contribution in [-0.2, 0) is 4.79 Å². The third kappa shape index (κ3) is 6.03. The second-order valence-electron chi connectivity index (χ2n) is 5.52. The van der Waals surface area contributed by atoms with E-state index in [0.717, 1.165) is 37.6 Å². The van der Waals surface area contributed by atoms with Gasteiger partial charge in [0, 0.05) is 26.2 Å². The van der Waals surface area contributed by atoms with E-state index < -0.39 is 12.1 Å². The third-order valence-corrected chi connectivity index (χ3v) is 3.64. The van der Waals surface area contributed by atoms with Crippen molar-refractivity contribution in [2.24, 2.45) is 0 Å². The first-order chi connectivity index (χ1) is 12.8. The zero-order chi connectivity index (χ0) is 19.9. The molecule has 27 heavy (non-hydrogen) atoms. The summed E-state index contributed by atoms with van der Waals surface area (Å²) in [7, 11) is 0. The molecule has 1 saturated heterocycles. The van der Waals surface area contributed by atoms with Gasteiger partial charge in [-0.3, -0.25) is 4.79 Å². The Morgan fingerprint density at radius 3 is 2.33 bits per heavy atom. The third-order valence-electron chi connectivity index (χ3n) is 3.64. The van der Waals surface area contributed by atoms with E-state index >= 15 is 0 Å². The highest BCUT2D eigenvalue weighted by molar-refractivity contribution is 6.05. The van der Waals surface area contributed by atoms with E-state index in [-0.39, 0.29) is 5.91 Å². The highest BCUT2D eigenvalue weighted by atomic mass is 19.4. The van der Waals surface area contributed by atoms with Crippen molar-refractivity contribution < 1.29 is 32.3 Å². The highest BCUT2D eigenvalue weighted by Gasteiger charge is 2.38. The van der Waals surface area contributed by atoms with Crippen molar-refractivity contribution >= 4 is 23.3 Å². The minimum absolute atomic E-state index is 0.152. The fourth-order valence-electron chi connectivity index (χ4n) is 2.35. The molecule has 1 amide bonds. The number of piperazine rings is 1. The lowest BCUT2D eigenvalue weighted by Crippen LogP contribution is -2.43. The monoisotopic (exact) mass is 385 g/mol. The van der Waals surface area contributed by atoms with Gasteiger partial charge in [-0.1, -0.05) is 12.1 Å². The van der Waals surface area contributed by atoms with Crippen molar-refractivity contribution in [1.82, 2.24) is 5.32 Å². The Morgan fingerprint density at radius 2 is 1.78 bits per heavy atom. The lowest BCUT2D eigenvalue weighted by Gasteiger charge is -2.31. The second-order valence-corrected chi connectivity index (χ2v) is 5.52. The van der Waals surface area contributed by atoms with Crippen LogP contribution in [-0.4, -0.2) is 49.3 Å². The lowest BCUT2D eigenvalue weighted by molar-refractivity contribution is -0.192. The largest absolute Gasteiger partial charge is 0.490 e. The van der Waals surface area contributed by atoms with Crippen LogP contribution in [0.5, 0.6) is 0 Å². The average molecular weight is 385 g/mol. The molecule has 0 unspecified atom stereocenters. The van der Waals surface area contributed by atoms with E-state index in [4.69, 9.17) is 14.3 Å². The number of halogens is 3. The Balaban J connectivity index is 0.000000321. The number of carboxylic acids is 1. The topological polar surface area (TPSA) is 94.8 Å². The van der Waals surface area contributed by atoms with Crippen LogP contribution in [0.4, 0.5) is 24.5 Å². The molecular weight excluding hydrogens is 367 g/mol. The molecule has 1 aliphatic heterocycles. The van der Waals surface area contributed by atoms with Gasteiger partial charge in [-0.2, -0.15) is 13.2 Å². The summed E-state index contributed by atoms with van der Waals surface area (Å²) in [5, 5.41) is 13.4. The number of amides is 1. The Morgan fingerprint density at radius 1 is 1.15 bits per heavy atom. The molecule has 2 heterocycles. The number of nitrogens with zero attached hydrogens (tertiary/aromatic N) is 1. The van der Waals surface area contributed by atoms with Crippen LogP contribution in [0.2, 0.25) is 0 Å². The number of rotatable bonds is 3. The van der Waals surface area contributed by atoms with Crippen molar-refractivity contribution in [2.45, 2.75) is 6.18 Å². The van der Waals surface area contributed by atoms with Crippen LogP contribution in [0, 0.1) is 0 Å². The van der Waals surface area contributed by atoms with Crippen LogP contribution in [0.3, 0.4) is 0 Å². The maximum atomic E-state index is 12.1. The first kappa shape index (κ1) is 20.3. The number of carbonyl (C=O) groups is 2. The molecule has 0 atom stereocenters. The Labute approximate surface area is 152 Å². The smallest absolute Gasteiger partial charge is 0.475 e. The Bertz CT molecular complexity index is 757. The van der Waals surface area contributed by atoms with Crippen LogP contribution in [0.1, 0.15) is 10.4 Å². The normalized spacial score (nSPS) is 14.1. The van der Waals surface area contributed by atoms with Gasteiger partial charge in [0.1, 0.15) is 6.26 Å². The number of carbonyl (C=O) groups excluding carboxylic acids is 1. The molecule has 3 rings (SSSR count). The highest BCUT2D eigenvalue weighted by Crippen LogP contribution is 2.26. The molecule has 7 nitrogen and oxygen atoms in total. The van der Waals surface area contributed by atoms with Crippen molar-refractivity contribution in [2.75, 3.05) is 36.4 Å². The number of furan rings is 1. The number of benzene rings is 1. The second kappa shape index (κ2) is 9.08. The molecule has 10 heteroatoms. The summed E-state index contributed by atoms with van der Waals surface area (Å²) in [6.45, 7) is 3.81. The molecule has 1 aromatic carbocycles. The molecule has 0 saturated carbocycles. The predicted molar refractivity (Wildman–Crippen MR) is 91.9 cm³/mol. The molecule has 0 bridgehead atoms. The van der Waals surface area contributed by atoms with Gasteiger partial charge in [-0.25, -0.2) is 4.79 Å². The van der Waals surface area contributed by atoms with Crippen LogP contribution in [0.15, 0.2) is 47.3 Å². The van der Waals surface area contributed by atoms with E-state index in [0.29, 0.717) is 5.56 Å². The first-order valence-electron chi connectivity index (χ1n) is 7.97. The standard InChI is InChI=1S/C15H17N3O2.C2HF3O2/c19-15(12-5-10-20-11-12)17-13-3-1-2-4-14(13)18-8-6-16-7-9-18;3-2(4,5)1(6)7/h1-5,10-11,16H,6-9H2,(H,17,19);(H,6,7). The van der Waals surface area contributed by atoms with Crippen molar-refractivity contribution in [3.8, 4) is 0 Å². The first-order valence-corrected chi connectivity index (χ1v) is 7.97. The fraction of sp³-hybridized carbons (Fsp3) is 0.294. The summed E-state index contributed by atoms with van der Waals surface area (Å²) in [5.41, 5.74) is 2.42. The van der Waals surface area contributed by atoms with E-state index in [9.17, 15) is 18.0 Å². The number of hydrogen-bond donors (Lipinski definition) is 3. The molecule has 1 aliphatic rings. The minimum Gasteiger partial charge on any atom is -0.475 e. The van der Waals surface area contributed by atoms with Crippen molar-refractivity contribution in [1.29, 1.82) is 0 Å². The Hall–Kier alpha value is -3.01. The summed E-state index contributed by atoms with van der Waals surface area (Å²) < 4.78 is 36.7. The maximum Gasteiger partial charge on any atom is 0.490 e. The summed E-state index contributed by atoms with van der Waals surface area (Å²) in [6.07, 6.45) is -2.14. The van der Waals surface area contributed by atoms with Gasteiger partial charge in [-0.05, 0) is 18.2 Å². The summed E-state index contributed by atoms with van der Waals surface area (Å²) in [5.74, 6) is -2.91. The fourth-order valence-corrected chi connectivity index (χ4v) is 2.35. The number of hydrogen-bond acceptors (Lipinski definition) is 5. The van der Waals surface area contributed by atoms with Gasteiger partial charge < -0.3 is 25.1 Å². The molecule has 2 aromatic rings. The molecule has 3 N–H and O–H groups in total. The molecule has 0 spiro atoms. The van der Waals surface area contributed by atoms with Crippen LogP contribution >= 0.6 is 0 Å². The zero-order valence-electron chi connectivity index (χ0n) is 14.1. The van der Waals surface area contributed by atoms with E-state index in [2.05, 4.69) is 15.5 Å². The molecule has 0 radical (unpaired) electrons. The van der Waals surface area contributed by atoms with Gasteiger partial charge >= 0.3 is 12.1 Å². The molecule has 1 fully saturated rings. The lowest BCUT2D eigenvalue weighted by atomic mass is 10.2. The predicted octanol–water partition coefficient (Wildman–Crippen LogP) is 2.57. The Kier molecular flexibility index (Phi) is 6.83. The molecular formula is C17H18F3N3O4. The number of nitrogens with one attached hydrogen (secondary N) is 2. The van der Waals surface area contributed by atoms with Gasteiger partial charge in [0.2, 0.25) is 0 Å². The number of anilines is 2. The quantitative estimate of drug-likeness (QED) is 0.752. The number of aliphatic carboxylic acids is 1. The van der Waals surface area contributed by atoms with Gasteiger partial charge in [0.15, 0.2) is 0 Å². The van der Waals surface area contributed by atoms with Gasteiger partial charge in [0.25, 0.3) is 5.91 Å². The minimum atomic E-state index is -5.08. The van der Waals surface area contributed by atoms with Crippen molar-refractivity contribution in [3.05, 3.63) is 48.4 Å². The zero-order valence-corrected chi connectivity index (χ0v) is 14.1. The van der Waals surface area contributed by atoms with Crippen LogP contribution < -0.4 is 15.5 Å². The maximum absolute atomic E-state index is 12.1. The number of para-hydroxylation sites is 2. The summed E-state index contributed by atoms with van der Waals surface area (Å²) in [6, 6.07) is 9.54. The summed E-state index contributed by atoms with van der Waals surface area (Å²) in [4.78, 5) is 23.3. The molecule has 1 aromatic heterocycles. The number of carboxylic acid groups (broad SMARTS) is 1. The average Bonchev–Trinajstić information content (AvgIpc) is 3.17. The van der Waals surface area contributed by atoms with E-state index in [1.54, 1.807) is 6.07 Å². The van der Waals surface area contributed by atoms with Crippen molar-refractivity contribution in [3.63, 3.8) is 0 Å². The van der Waals surface area contributed by atoms with Gasteiger partial charge in [0.05, 0.1) is 23.2 Å². The van der Waals surface area contributed by atoms with E-state index in [1.165, 1.54) is 12.5 Å². The molecule has 146 valence electrons. The SMILES string of the molecule is O=C(Nc1ccccc1N1CCNCC1)c1ccoc1.O=C(O)C(F)(F)F. The van der Waals surface area contributed by atoms with Crippen LogP contribution in [0.25, 0.3) is 0 Å². The van der Waals surface area contributed by atoms with E-state index in [1.807, 2.05) is 24.3 Å². The number of alkyl halides is 3. The summed E-state index contributed by atoms with van der Waals surface area (Å²) >= 11 is 0. The molecule has 0 aliphatic carbocycles.